The van der Waals surface area contributed by atoms with E-state index in [1.54, 1.807) is 13.3 Å². The Hall–Kier alpha value is -0.850. The first-order valence-corrected chi connectivity index (χ1v) is 2.96. The highest BCUT2D eigenvalue weighted by Crippen LogP contribution is 2.01. The van der Waals surface area contributed by atoms with E-state index in [0.717, 1.165) is 5.57 Å². The van der Waals surface area contributed by atoms with Gasteiger partial charge in [0.15, 0.2) is 0 Å². The Morgan fingerprint density at radius 3 is 2.44 bits per heavy atom. The van der Waals surface area contributed by atoms with Crippen molar-refractivity contribution >= 4 is 6.21 Å². The lowest BCUT2D eigenvalue weighted by Crippen LogP contribution is -1.82. The van der Waals surface area contributed by atoms with Gasteiger partial charge in [-0.25, -0.2) is 0 Å². The molecule has 9 heavy (non-hydrogen) atoms. The Labute approximate surface area is 56.8 Å². The highest BCUT2D eigenvalue weighted by molar-refractivity contribution is 5.83. The lowest BCUT2D eigenvalue weighted by Gasteiger charge is -1.94. The summed E-state index contributed by atoms with van der Waals surface area (Å²) in [6.07, 6.45) is 3.78. The van der Waals surface area contributed by atoms with Gasteiger partial charge in [0.2, 0.25) is 0 Å². The van der Waals surface area contributed by atoms with Crippen LogP contribution in [0.25, 0.3) is 0 Å². The Morgan fingerprint density at radius 1 is 1.56 bits per heavy atom. The topological polar surface area (TPSA) is 12.4 Å². The molecule has 0 aliphatic heterocycles. The molecule has 0 saturated heterocycles. The van der Waals surface area contributed by atoms with Crippen LogP contribution in [0.4, 0.5) is 0 Å². The van der Waals surface area contributed by atoms with Gasteiger partial charge in [-0.2, -0.15) is 0 Å². The first-order chi connectivity index (χ1) is 4.22. The summed E-state index contributed by atoms with van der Waals surface area (Å²) in [6.45, 7) is 7.81. The molecule has 0 bridgehead atoms. The molecule has 0 fully saturated rings. The maximum atomic E-state index is 3.84. The standard InChI is InChI=1S/C8H13N/c1-5-7(2)8(3)6-9-4/h5-6H,3H2,1-2,4H3/b7-5-,9-6?. The zero-order valence-corrected chi connectivity index (χ0v) is 6.31. The summed E-state index contributed by atoms with van der Waals surface area (Å²) >= 11 is 0. The van der Waals surface area contributed by atoms with Gasteiger partial charge < -0.3 is 0 Å². The SMILES string of the molecule is C=C(C=NC)/C(C)=C\C. The zero-order chi connectivity index (χ0) is 7.28. The minimum Gasteiger partial charge on any atom is -0.296 e. The van der Waals surface area contributed by atoms with Gasteiger partial charge in [-0.3, -0.25) is 4.99 Å². The Morgan fingerprint density at radius 2 is 2.11 bits per heavy atom. The third-order valence-corrected chi connectivity index (χ3v) is 1.22. The van der Waals surface area contributed by atoms with Gasteiger partial charge in [0.1, 0.15) is 0 Å². The van der Waals surface area contributed by atoms with E-state index in [9.17, 15) is 0 Å². The van der Waals surface area contributed by atoms with E-state index in [1.807, 2.05) is 19.9 Å². The van der Waals surface area contributed by atoms with Crippen molar-refractivity contribution in [3.63, 3.8) is 0 Å². The fraction of sp³-hybridized carbons (Fsp3) is 0.375. The van der Waals surface area contributed by atoms with Crippen molar-refractivity contribution in [2.45, 2.75) is 13.8 Å². The molecule has 0 aromatic carbocycles. The van der Waals surface area contributed by atoms with Crippen LogP contribution in [0, 0.1) is 0 Å². The highest BCUT2D eigenvalue weighted by atomic mass is 14.6. The first kappa shape index (κ1) is 8.15. The van der Waals surface area contributed by atoms with Crippen LogP contribution in [0.5, 0.6) is 0 Å². The summed E-state index contributed by atoms with van der Waals surface area (Å²) in [6, 6.07) is 0. The molecule has 0 spiro atoms. The van der Waals surface area contributed by atoms with Crippen LogP contribution < -0.4 is 0 Å². The second-order valence-electron chi connectivity index (χ2n) is 1.88. The van der Waals surface area contributed by atoms with Crippen LogP contribution >= 0.6 is 0 Å². The third kappa shape index (κ3) is 2.85. The molecule has 0 atom stereocenters. The van der Waals surface area contributed by atoms with E-state index in [0.29, 0.717) is 0 Å². The number of allylic oxidation sites excluding steroid dienone is 3. The molecular formula is C8H13N. The number of nitrogens with zero attached hydrogens (tertiary/aromatic N) is 1. The zero-order valence-electron chi connectivity index (χ0n) is 6.31. The Balaban J connectivity index is 4.05. The number of hydrogen-bond donors (Lipinski definition) is 0. The molecule has 0 rings (SSSR count). The second kappa shape index (κ2) is 4.07. The fourth-order valence-electron chi connectivity index (χ4n) is 0.443. The molecule has 0 saturated carbocycles. The van der Waals surface area contributed by atoms with Gasteiger partial charge in [-0.1, -0.05) is 12.7 Å². The average Bonchev–Trinajstić information content (AvgIpc) is 1.87. The highest BCUT2D eigenvalue weighted by Gasteiger charge is 1.87. The van der Waals surface area contributed by atoms with Gasteiger partial charge in [-0.15, -0.1) is 0 Å². The van der Waals surface area contributed by atoms with Gasteiger partial charge in [0.05, 0.1) is 0 Å². The molecule has 0 heterocycles. The second-order valence-corrected chi connectivity index (χ2v) is 1.88. The maximum absolute atomic E-state index is 3.84. The molecule has 1 heteroatoms. The molecule has 0 aromatic heterocycles. The lowest BCUT2D eigenvalue weighted by atomic mass is 10.1. The minimum atomic E-state index is 0.986. The van der Waals surface area contributed by atoms with E-state index in [4.69, 9.17) is 0 Å². The molecule has 0 radical (unpaired) electrons. The largest absolute Gasteiger partial charge is 0.296 e. The van der Waals surface area contributed by atoms with E-state index >= 15 is 0 Å². The molecule has 0 aromatic rings. The van der Waals surface area contributed by atoms with Crippen LogP contribution in [0.15, 0.2) is 28.8 Å². The summed E-state index contributed by atoms with van der Waals surface area (Å²) in [5, 5.41) is 0. The Kier molecular flexibility index (Phi) is 3.69. The molecule has 50 valence electrons. The van der Waals surface area contributed by atoms with Gasteiger partial charge in [0, 0.05) is 13.3 Å². The van der Waals surface area contributed by atoms with Crippen molar-refractivity contribution in [1.29, 1.82) is 0 Å². The number of aliphatic imine (C=N–C) groups is 1. The lowest BCUT2D eigenvalue weighted by molar-refractivity contribution is 1.41. The molecule has 1 nitrogen and oxygen atoms in total. The monoisotopic (exact) mass is 123 g/mol. The molecule has 0 N–H and O–H groups in total. The van der Waals surface area contributed by atoms with Crippen LogP contribution in [0.3, 0.4) is 0 Å². The molecular weight excluding hydrogens is 110 g/mol. The van der Waals surface area contributed by atoms with Crippen LogP contribution in [0.1, 0.15) is 13.8 Å². The molecule has 0 aliphatic carbocycles. The van der Waals surface area contributed by atoms with Crippen LogP contribution in [0.2, 0.25) is 0 Å². The predicted octanol–water partition coefficient (Wildman–Crippen LogP) is 2.21. The summed E-state index contributed by atoms with van der Waals surface area (Å²) in [7, 11) is 1.74. The van der Waals surface area contributed by atoms with Crippen molar-refractivity contribution < 1.29 is 0 Å². The van der Waals surface area contributed by atoms with Crippen molar-refractivity contribution in [3.05, 3.63) is 23.8 Å². The van der Waals surface area contributed by atoms with Crippen LogP contribution in [-0.4, -0.2) is 13.3 Å². The normalized spacial score (nSPS) is 12.6. The van der Waals surface area contributed by atoms with Crippen molar-refractivity contribution in [1.82, 2.24) is 0 Å². The quantitative estimate of drug-likeness (QED) is 0.394. The van der Waals surface area contributed by atoms with E-state index in [2.05, 4.69) is 11.6 Å². The molecule has 0 unspecified atom stereocenters. The molecule has 0 amide bonds. The van der Waals surface area contributed by atoms with Crippen molar-refractivity contribution in [2.75, 3.05) is 7.05 Å². The summed E-state index contributed by atoms with van der Waals surface area (Å²) < 4.78 is 0. The van der Waals surface area contributed by atoms with Crippen molar-refractivity contribution in [2.24, 2.45) is 4.99 Å². The van der Waals surface area contributed by atoms with E-state index in [-0.39, 0.29) is 0 Å². The van der Waals surface area contributed by atoms with E-state index in [1.165, 1.54) is 5.57 Å². The fourth-order valence-corrected chi connectivity index (χ4v) is 0.443. The average molecular weight is 123 g/mol. The molecule has 0 aliphatic rings. The maximum Gasteiger partial charge on any atom is 0.0277 e. The third-order valence-electron chi connectivity index (χ3n) is 1.22. The summed E-state index contributed by atoms with van der Waals surface area (Å²) in [5.41, 5.74) is 2.17. The smallest absolute Gasteiger partial charge is 0.0277 e. The summed E-state index contributed by atoms with van der Waals surface area (Å²) in [5.74, 6) is 0. The first-order valence-electron chi connectivity index (χ1n) is 2.96. The van der Waals surface area contributed by atoms with Crippen LogP contribution in [-0.2, 0) is 0 Å². The Bertz CT molecular complexity index is 152. The number of rotatable bonds is 2. The van der Waals surface area contributed by atoms with Gasteiger partial charge in [0.25, 0.3) is 0 Å². The predicted molar refractivity (Wildman–Crippen MR) is 43.0 cm³/mol. The van der Waals surface area contributed by atoms with Crippen molar-refractivity contribution in [3.8, 4) is 0 Å². The summed E-state index contributed by atoms with van der Waals surface area (Å²) in [4.78, 5) is 3.84. The van der Waals surface area contributed by atoms with Gasteiger partial charge in [-0.05, 0) is 25.0 Å². The number of hydrogen-bond acceptors (Lipinski definition) is 1. The van der Waals surface area contributed by atoms with Gasteiger partial charge >= 0.3 is 0 Å². The minimum absolute atomic E-state index is 0.986. The van der Waals surface area contributed by atoms with E-state index < -0.39 is 0 Å².